The summed E-state index contributed by atoms with van der Waals surface area (Å²) in [5, 5.41) is 3.43. The van der Waals surface area contributed by atoms with E-state index in [-0.39, 0.29) is 12.2 Å². The molecular weight excluding hydrogens is 264 g/mol. The number of anilines is 2. The Balaban J connectivity index is 2.32. The molecule has 1 saturated heterocycles. The number of nitrogens with zero attached hydrogens (tertiary/aromatic N) is 3. The molecule has 5 nitrogen and oxygen atoms in total. The molecule has 0 aromatic carbocycles. The van der Waals surface area contributed by atoms with Gasteiger partial charge in [0.1, 0.15) is 17.5 Å². The fraction of sp³-hybridized carbons (Fsp3) is 0.750. The van der Waals surface area contributed by atoms with Crippen LogP contribution in [0.4, 0.5) is 11.6 Å². The standard InChI is InChI=1S/C16H28N4O/c1-6-8-17-15-13(5)16(19-14(7-2)18-15)20-9-11(3)21-12(4)10-20/h11-12H,6-10H2,1-5H3,(H,17,18,19)/t11-,12+. The van der Waals surface area contributed by atoms with Crippen molar-refractivity contribution in [2.45, 2.75) is 59.7 Å². The Morgan fingerprint density at radius 1 is 1.19 bits per heavy atom. The summed E-state index contributed by atoms with van der Waals surface area (Å²) in [5.74, 6) is 2.94. The van der Waals surface area contributed by atoms with Crippen LogP contribution >= 0.6 is 0 Å². The third-order valence-corrected chi connectivity index (χ3v) is 3.74. The lowest BCUT2D eigenvalue weighted by Crippen LogP contribution is -2.46. The molecule has 5 heteroatoms. The summed E-state index contributed by atoms with van der Waals surface area (Å²) in [6, 6.07) is 0. The van der Waals surface area contributed by atoms with E-state index in [1.54, 1.807) is 0 Å². The summed E-state index contributed by atoms with van der Waals surface area (Å²) in [7, 11) is 0. The zero-order valence-corrected chi connectivity index (χ0v) is 13.9. The Bertz CT molecular complexity index is 468. The second-order valence-electron chi connectivity index (χ2n) is 5.88. The first-order valence-corrected chi connectivity index (χ1v) is 8.06. The lowest BCUT2D eigenvalue weighted by atomic mass is 10.2. The lowest BCUT2D eigenvalue weighted by molar-refractivity contribution is -0.00550. The minimum absolute atomic E-state index is 0.236. The number of ether oxygens (including phenoxy) is 1. The molecule has 2 atom stereocenters. The van der Waals surface area contributed by atoms with Gasteiger partial charge >= 0.3 is 0 Å². The van der Waals surface area contributed by atoms with Gasteiger partial charge in [-0.2, -0.15) is 0 Å². The van der Waals surface area contributed by atoms with Crippen molar-refractivity contribution in [1.82, 2.24) is 9.97 Å². The molecule has 21 heavy (non-hydrogen) atoms. The molecule has 0 radical (unpaired) electrons. The predicted octanol–water partition coefficient (Wildman–Crippen LogP) is 2.78. The maximum Gasteiger partial charge on any atom is 0.137 e. The van der Waals surface area contributed by atoms with Crippen molar-refractivity contribution >= 4 is 11.6 Å². The number of aryl methyl sites for hydroxylation is 1. The highest BCUT2D eigenvalue weighted by atomic mass is 16.5. The second-order valence-corrected chi connectivity index (χ2v) is 5.88. The molecule has 0 bridgehead atoms. The van der Waals surface area contributed by atoms with Crippen LogP contribution in [0.15, 0.2) is 0 Å². The topological polar surface area (TPSA) is 50.3 Å². The average molecular weight is 292 g/mol. The van der Waals surface area contributed by atoms with Gasteiger partial charge in [-0.25, -0.2) is 9.97 Å². The van der Waals surface area contributed by atoms with Crippen molar-refractivity contribution in [2.75, 3.05) is 29.9 Å². The Kier molecular flexibility index (Phi) is 5.39. The van der Waals surface area contributed by atoms with Crippen LogP contribution < -0.4 is 10.2 Å². The van der Waals surface area contributed by atoms with E-state index in [0.29, 0.717) is 0 Å². The molecule has 1 aliphatic rings. The van der Waals surface area contributed by atoms with Gasteiger partial charge in [0.05, 0.1) is 12.2 Å². The Labute approximate surface area is 128 Å². The van der Waals surface area contributed by atoms with E-state index >= 15 is 0 Å². The van der Waals surface area contributed by atoms with Crippen molar-refractivity contribution in [1.29, 1.82) is 0 Å². The highest BCUT2D eigenvalue weighted by Gasteiger charge is 2.25. The molecule has 2 rings (SSSR count). The van der Waals surface area contributed by atoms with Crippen molar-refractivity contribution < 1.29 is 4.74 Å². The van der Waals surface area contributed by atoms with Gasteiger partial charge in [-0.15, -0.1) is 0 Å². The first-order valence-electron chi connectivity index (χ1n) is 8.06. The zero-order valence-electron chi connectivity index (χ0n) is 13.9. The largest absolute Gasteiger partial charge is 0.372 e. The van der Waals surface area contributed by atoms with Crippen LogP contribution in [0.1, 0.15) is 45.5 Å². The van der Waals surface area contributed by atoms with Gasteiger partial charge in [0, 0.05) is 31.6 Å². The molecule has 118 valence electrons. The molecule has 1 fully saturated rings. The summed E-state index contributed by atoms with van der Waals surface area (Å²) in [5.41, 5.74) is 1.14. The first-order chi connectivity index (χ1) is 10.0. The van der Waals surface area contributed by atoms with E-state index in [1.165, 1.54) is 0 Å². The molecular formula is C16H28N4O. The van der Waals surface area contributed by atoms with Crippen LogP contribution in [0.5, 0.6) is 0 Å². The summed E-state index contributed by atoms with van der Waals surface area (Å²) in [4.78, 5) is 11.8. The van der Waals surface area contributed by atoms with Gasteiger partial charge in [-0.1, -0.05) is 13.8 Å². The van der Waals surface area contributed by atoms with Crippen LogP contribution in [-0.4, -0.2) is 41.8 Å². The minimum atomic E-state index is 0.236. The molecule has 0 spiro atoms. The van der Waals surface area contributed by atoms with Crippen LogP contribution in [0, 0.1) is 6.92 Å². The van der Waals surface area contributed by atoms with Gasteiger partial charge in [0.25, 0.3) is 0 Å². The maximum atomic E-state index is 5.83. The monoisotopic (exact) mass is 292 g/mol. The summed E-state index contributed by atoms with van der Waals surface area (Å²) >= 11 is 0. The van der Waals surface area contributed by atoms with Crippen molar-refractivity contribution in [3.8, 4) is 0 Å². The van der Waals surface area contributed by atoms with Crippen molar-refractivity contribution in [3.63, 3.8) is 0 Å². The molecule has 1 aromatic heterocycles. The zero-order chi connectivity index (χ0) is 15.4. The summed E-state index contributed by atoms with van der Waals surface area (Å²) in [6.45, 7) is 13.3. The second kappa shape index (κ2) is 7.07. The van der Waals surface area contributed by atoms with Gasteiger partial charge < -0.3 is 15.0 Å². The third-order valence-electron chi connectivity index (χ3n) is 3.74. The van der Waals surface area contributed by atoms with Gasteiger partial charge in [-0.3, -0.25) is 0 Å². The van der Waals surface area contributed by atoms with Crippen LogP contribution in [0.2, 0.25) is 0 Å². The van der Waals surface area contributed by atoms with Gasteiger partial charge in [0.2, 0.25) is 0 Å². The Morgan fingerprint density at radius 2 is 1.86 bits per heavy atom. The van der Waals surface area contributed by atoms with E-state index in [2.05, 4.69) is 49.8 Å². The van der Waals surface area contributed by atoms with Gasteiger partial charge in [0.15, 0.2) is 0 Å². The molecule has 1 aliphatic heterocycles. The molecule has 0 amide bonds. The van der Waals surface area contributed by atoms with Crippen LogP contribution in [0.25, 0.3) is 0 Å². The number of aromatic nitrogens is 2. The molecule has 1 N–H and O–H groups in total. The SMILES string of the molecule is CCCNc1nc(CC)nc(N2C[C@@H](C)O[C@@H](C)C2)c1C. The number of morpholine rings is 1. The quantitative estimate of drug-likeness (QED) is 0.904. The van der Waals surface area contributed by atoms with Crippen LogP contribution in [-0.2, 0) is 11.2 Å². The van der Waals surface area contributed by atoms with Crippen molar-refractivity contribution in [2.24, 2.45) is 0 Å². The average Bonchev–Trinajstić information content (AvgIpc) is 2.45. The smallest absolute Gasteiger partial charge is 0.137 e. The lowest BCUT2D eigenvalue weighted by Gasteiger charge is -2.37. The molecule has 0 unspecified atom stereocenters. The molecule has 2 heterocycles. The number of nitrogens with one attached hydrogen (secondary N) is 1. The Hall–Kier alpha value is -1.36. The third kappa shape index (κ3) is 3.84. The number of hydrogen-bond acceptors (Lipinski definition) is 5. The normalized spacial score (nSPS) is 22.4. The number of rotatable bonds is 5. The van der Waals surface area contributed by atoms with E-state index < -0.39 is 0 Å². The Morgan fingerprint density at radius 3 is 2.43 bits per heavy atom. The minimum Gasteiger partial charge on any atom is -0.372 e. The van der Waals surface area contributed by atoms with E-state index in [1.807, 2.05) is 0 Å². The maximum absolute atomic E-state index is 5.83. The summed E-state index contributed by atoms with van der Waals surface area (Å²) < 4.78 is 5.83. The van der Waals surface area contributed by atoms with Crippen molar-refractivity contribution in [3.05, 3.63) is 11.4 Å². The highest BCUT2D eigenvalue weighted by Crippen LogP contribution is 2.26. The number of hydrogen-bond donors (Lipinski definition) is 1. The fourth-order valence-corrected chi connectivity index (χ4v) is 2.78. The van der Waals surface area contributed by atoms with E-state index in [9.17, 15) is 0 Å². The van der Waals surface area contributed by atoms with E-state index in [0.717, 1.165) is 55.5 Å². The molecule has 1 aromatic rings. The molecule has 0 saturated carbocycles. The summed E-state index contributed by atoms with van der Waals surface area (Å²) in [6.07, 6.45) is 2.41. The molecule has 0 aliphatic carbocycles. The van der Waals surface area contributed by atoms with Gasteiger partial charge in [-0.05, 0) is 27.2 Å². The highest BCUT2D eigenvalue weighted by molar-refractivity contribution is 5.59. The fourth-order valence-electron chi connectivity index (χ4n) is 2.78. The van der Waals surface area contributed by atoms with Crippen LogP contribution in [0.3, 0.4) is 0 Å². The van der Waals surface area contributed by atoms with E-state index in [4.69, 9.17) is 9.72 Å². The first kappa shape index (κ1) is 16.0. The predicted molar refractivity (Wildman–Crippen MR) is 87.1 cm³/mol.